The number of hydrogen-bond acceptors (Lipinski definition) is 4. The molecular formula is C7H6ClNO2S. The van der Waals surface area contributed by atoms with Crippen LogP contribution in [0, 0.1) is 0 Å². The van der Waals surface area contributed by atoms with Gasteiger partial charge in [0.25, 0.3) is 0 Å². The highest BCUT2D eigenvalue weighted by atomic mass is 35.5. The Morgan fingerprint density at radius 2 is 2.58 bits per heavy atom. The van der Waals surface area contributed by atoms with Gasteiger partial charge < -0.3 is 4.74 Å². The van der Waals surface area contributed by atoms with Gasteiger partial charge in [-0.05, 0) is 6.08 Å². The number of hydrogen-bond donors (Lipinski definition) is 0. The molecule has 1 heterocycles. The van der Waals surface area contributed by atoms with E-state index in [0.29, 0.717) is 9.34 Å². The van der Waals surface area contributed by atoms with E-state index in [4.69, 9.17) is 11.6 Å². The van der Waals surface area contributed by atoms with Crippen molar-refractivity contribution in [3.63, 3.8) is 0 Å². The molecule has 0 radical (unpaired) electrons. The summed E-state index contributed by atoms with van der Waals surface area (Å²) >= 11 is 6.92. The first kappa shape index (κ1) is 9.22. The number of carbonyl (C=O) groups is 1. The summed E-state index contributed by atoms with van der Waals surface area (Å²) in [7, 11) is 1.32. The molecule has 0 unspecified atom stereocenters. The molecule has 1 aromatic heterocycles. The van der Waals surface area contributed by atoms with E-state index < -0.39 is 5.97 Å². The van der Waals surface area contributed by atoms with E-state index >= 15 is 0 Å². The van der Waals surface area contributed by atoms with E-state index in [-0.39, 0.29) is 0 Å². The predicted octanol–water partition coefficient (Wildman–Crippen LogP) is 1.98. The van der Waals surface area contributed by atoms with Crippen LogP contribution < -0.4 is 0 Å². The van der Waals surface area contributed by atoms with Crippen molar-refractivity contribution in [2.24, 2.45) is 0 Å². The molecule has 0 aliphatic carbocycles. The van der Waals surface area contributed by atoms with Gasteiger partial charge in [0.05, 0.1) is 13.3 Å². The molecule has 0 aliphatic heterocycles. The summed E-state index contributed by atoms with van der Waals surface area (Å²) in [5.41, 5.74) is 0. The summed E-state index contributed by atoms with van der Waals surface area (Å²) in [5.74, 6) is -0.402. The first-order valence-corrected chi connectivity index (χ1v) is 4.29. The van der Waals surface area contributed by atoms with Crippen molar-refractivity contribution >= 4 is 35.0 Å². The molecule has 0 aliphatic rings. The second-order valence-corrected chi connectivity index (χ2v) is 3.55. The van der Waals surface area contributed by atoms with Crippen LogP contribution in [0.25, 0.3) is 6.08 Å². The van der Waals surface area contributed by atoms with Gasteiger partial charge in [-0.3, -0.25) is 0 Å². The van der Waals surface area contributed by atoms with Crippen molar-refractivity contribution < 1.29 is 9.53 Å². The van der Waals surface area contributed by atoms with Gasteiger partial charge in [-0.25, -0.2) is 9.78 Å². The van der Waals surface area contributed by atoms with E-state index in [9.17, 15) is 4.79 Å². The summed E-state index contributed by atoms with van der Waals surface area (Å²) in [5, 5.41) is 0.686. The fourth-order valence-corrected chi connectivity index (χ4v) is 1.38. The Morgan fingerprint density at radius 3 is 3.08 bits per heavy atom. The summed E-state index contributed by atoms with van der Waals surface area (Å²) in [6.45, 7) is 0. The summed E-state index contributed by atoms with van der Waals surface area (Å²) < 4.78 is 4.99. The fourth-order valence-electron chi connectivity index (χ4n) is 0.551. The molecule has 1 rings (SSSR count). The third-order valence-corrected chi connectivity index (χ3v) is 2.14. The van der Waals surface area contributed by atoms with Crippen LogP contribution in [0.2, 0.25) is 4.34 Å². The Balaban J connectivity index is 2.63. The molecule has 1 aromatic rings. The highest BCUT2D eigenvalue weighted by molar-refractivity contribution is 7.16. The SMILES string of the molecule is COC(=O)/C=C/c1ncc(Cl)s1. The number of nitrogens with zero attached hydrogens (tertiary/aromatic N) is 1. The zero-order valence-electron chi connectivity index (χ0n) is 6.28. The maximum atomic E-state index is 10.6. The Hall–Kier alpha value is -0.870. The summed E-state index contributed by atoms with van der Waals surface area (Å²) in [6.07, 6.45) is 4.39. The second-order valence-electron chi connectivity index (χ2n) is 1.86. The normalized spacial score (nSPS) is 10.5. The van der Waals surface area contributed by atoms with Crippen molar-refractivity contribution in [2.45, 2.75) is 0 Å². The number of methoxy groups -OCH3 is 1. The van der Waals surface area contributed by atoms with Gasteiger partial charge in [0.1, 0.15) is 9.34 Å². The van der Waals surface area contributed by atoms with E-state index in [1.165, 1.54) is 30.7 Å². The quantitative estimate of drug-likeness (QED) is 0.545. The van der Waals surface area contributed by atoms with Gasteiger partial charge in [-0.15, -0.1) is 11.3 Å². The van der Waals surface area contributed by atoms with Crippen molar-refractivity contribution in [1.82, 2.24) is 4.98 Å². The van der Waals surface area contributed by atoms with Crippen LogP contribution in [0.1, 0.15) is 5.01 Å². The zero-order chi connectivity index (χ0) is 8.97. The minimum Gasteiger partial charge on any atom is -0.466 e. The molecule has 64 valence electrons. The maximum Gasteiger partial charge on any atom is 0.330 e. The highest BCUT2D eigenvalue weighted by Crippen LogP contribution is 2.18. The van der Waals surface area contributed by atoms with Gasteiger partial charge in [0.2, 0.25) is 0 Å². The van der Waals surface area contributed by atoms with Crippen LogP contribution in [-0.4, -0.2) is 18.1 Å². The number of aromatic nitrogens is 1. The van der Waals surface area contributed by atoms with E-state index in [0.717, 1.165) is 0 Å². The Bertz CT molecular complexity index is 308. The molecule has 0 atom stereocenters. The van der Waals surface area contributed by atoms with Gasteiger partial charge in [0.15, 0.2) is 0 Å². The molecule has 5 heteroatoms. The lowest BCUT2D eigenvalue weighted by atomic mass is 10.5. The molecule has 0 amide bonds. The van der Waals surface area contributed by atoms with Crippen LogP contribution in [0.15, 0.2) is 12.3 Å². The van der Waals surface area contributed by atoms with Gasteiger partial charge in [-0.1, -0.05) is 11.6 Å². The molecule has 0 saturated carbocycles. The molecule has 0 fully saturated rings. The lowest BCUT2D eigenvalue weighted by Gasteiger charge is -1.86. The summed E-state index contributed by atoms with van der Waals surface area (Å²) in [6, 6.07) is 0. The highest BCUT2D eigenvalue weighted by Gasteiger charge is 1.96. The van der Waals surface area contributed by atoms with Gasteiger partial charge >= 0.3 is 5.97 Å². The molecular weight excluding hydrogens is 198 g/mol. The predicted molar refractivity (Wildman–Crippen MR) is 48.2 cm³/mol. The Kier molecular flexibility index (Phi) is 3.25. The third-order valence-electron chi connectivity index (χ3n) is 1.06. The van der Waals surface area contributed by atoms with Crippen LogP contribution in [0.4, 0.5) is 0 Å². The smallest absolute Gasteiger partial charge is 0.330 e. The number of ether oxygens (including phenoxy) is 1. The second kappa shape index (κ2) is 4.23. The maximum absolute atomic E-state index is 10.6. The molecule has 0 saturated heterocycles. The van der Waals surface area contributed by atoms with E-state index in [1.807, 2.05) is 0 Å². The first-order valence-electron chi connectivity index (χ1n) is 3.09. The molecule has 0 N–H and O–H groups in total. The van der Waals surface area contributed by atoms with Crippen molar-refractivity contribution in [1.29, 1.82) is 0 Å². The van der Waals surface area contributed by atoms with E-state index in [1.54, 1.807) is 6.08 Å². The lowest BCUT2D eigenvalue weighted by Crippen LogP contribution is -1.92. The fraction of sp³-hybridized carbons (Fsp3) is 0.143. The number of carbonyl (C=O) groups excluding carboxylic acids is 1. The number of rotatable bonds is 2. The first-order chi connectivity index (χ1) is 5.72. The number of esters is 1. The average Bonchev–Trinajstić information content (AvgIpc) is 2.47. The zero-order valence-corrected chi connectivity index (χ0v) is 7.85. The van der Waals surface area contributed by atoms with Crippen molar-refractivity contribution in [3.8, 4) is 0 Å². The molecule has 0 aromatic carbocycles. The van der Waals surface area contributed by atoms with Gasteiger partial charge in [0, 0.05) is 6.08 Å². The van der Waals surface area contributed by atoms with Crippen LogP contribution in [0.5, 0.6) is 0 Å². The Labute approximate surface area is 78.6 Å². The minimum atomic E-state index is -0.402. The van der Waals surface area contributed by atoms with Crippen LogP contribution >= 0.6 is 22.9 Å². The van der Waals surface area contributed by atoms with Crippen LogP contribution in [-0.2, 0) is 9.53 Å². The minimum absolute atomic E-state index is 0.402. The van der Waals surface area contributed by atoms with Crippen molar-refractivity contribution in [3.05, 3.63) is 21.6 Å². The largest absolute Gasteiger partial charge is 0.466 e. The monoisotopic (exact) mass is 203 g/mol. The van der Waals surface area contributed by atoms with Crippen molar-refractivity contribution in [2.75, 3.05) is 7.11 Å². The molecule has 0 spiro atoms. The third kappa shape index (κ3) is 2.64. The van der Waals surface area contributed by atoms with Crippen LogP contribution in [0.3, 0.4) is 0 Å². The molecule has 3 nitrogen and oxygen atoms in total. The molecule has 12 heavy (non-hydrogen) atoms. The Morgan fingerprint density at radius 1 is 1.83 bits per heavy atom. The topological polar surface area (TPSA) is 39.2 Å². The molecule has 0 bridgehead atoms. The number of halogens is 1. The van der Waals surface area contributed by atoms with Gasteiger partial charge in [-0.2, -0.15) is 0 Å². The summed E-state index contributed by atoms with van der Waals surface area (Å²) in [4.78, 5) is 14.5. The standard InChI is InChI=1S/C7H6ClNO2S/c1-11-7(10)3-2-6-9-4-5(8)12-6/h2-4H,1H3/b3-2+. The average molecular weight is 204 g/mol. The lowest BCUT2D eigenvalue weighted by molar-refractivity contribution is -0.134. The van der Waals surface area contributed by atoms with E-state index in [2.05, 4.69) is 9.72 Å². The number of thiazole rings is 1.